The highest BCUT2D eigenvalue weighted by molar-refractivity contribution is 5.79. The molecular formula is C12H11N3O4. The Morgan fingerprint density at radius 1 is 1.58 bits per heavy atom. The van der Waals surface area contributed by atoms with Crippen LogP contribution in [0.3, 0.4) is 0 Å². The van der Waals surface area contributed by atoms with E-state index < -0.39 is 16.9 Å². The lowest BCUT2D eigenvalue weighted by Gasteiger charge is -2.23. The van der Waals surface area contributed by atoms with Crippen molar-refractivity contribution in [1.82, 2.24) is 0 Å². The molecule has 2 rings (SSSR count). The minimum Gasteiger partial charge on any atom is -0.480 e. The number of carbonyl (C=O) groups is 1. The highest BCUT2D eigenvalue weighted by atomic mass is 16.6. The molecule has 1 aliphatic heterocycles. The third kappa shape index (κ3) is 2.33. The maximum Gasteiger partial charge on any atom is 0.326 e. The van der Waals surface area contributed by atoms with Crippen molar-refractivity contribution in [3.63, 3.8) is 0 Å². The van der Waals surface area contributed by atoms with Crippen molar-refractivity contribution in [2.45, 2.75) is 18.9 Å². The van der Waals surface area contributed by atoms with E-state index in [0.717, 1.165) is 6.42 Å². The molecule has 0 saturated carbocycles. The lowest BCUT2D eigenvalue weighted by Crippen LogP contribution is -2.35. The number of nitro groups is 1. The van der Waals surface area contributed by atoms with E-state index in [4.69, 9.17) is 10.4 Å². The molecule has 0 aliphatic carbocycles. The molecule has 0 bridgehead atoms. The van der Waals surface area contributed by atoms with Gasteiger partial charge < -0.3 is 10.0 Å². The number of nitriles is 1. The van der Waals surface area contributed by atoms with E-state index in [1.165, 1.54) is 12.1 Å². The Labute approximate surface area is 108 Å². The zero-order valence-electron chi connectivity index (χ0n) is 9.94. The summed E-state index contributed by atoms with van der Waals surface area (Å²) >= 11 is 0. The molecule has 0 unspecified atom stereocenters. The van der Waals surface area contributed by atoms with E-state index in [9.17, 15) is 14.9 Å². The van der Waals surface area contributed by atoms with Crippen LogP contribution in [0.25, 0.3) is 0 Å². The lowest BCUT2D eigenvalue weighted by atomic mass is 10.1. The number of hydrogen-bond acceptors (Lipinski definition) is 5. The second-order valence-corrected chi connectivity index (χ2v) is 4.26. The van der Waals surface area contributed by atoms with Crippen molar-refractivity contribution in [3.8, 4) is 6.07 Å². The normalized spacial score (nSPS) is 18.1. The zero-order valence-corrected chi connectivity index (χ0v) is 9.94. The number of benzene rings is 1. The monoisotopic (exact) mass is 261 g/mol. The number of nitro benzene ring substituents is 1. The minimum absolute atomic E-state index is 0.0279. The highest BCUT2D eigenvalue weighted by Crippen LogP contribution is 2.30. The third-order valence-electron chi connectivity index (χ3n) is 3.17. The molecule has 1 heterocycles. The Morgan fingerprint density at radius 3 is 2.89 bits per heavy atom. The number of aliphatic carboxylic acids is 1. The summed E-state index contributed by atoms with van der Waals surface area (Å²) in [6.45, 7) is 0.542. The number of rotatable bonds is 3. The van der Waals surface area contributed by atoms with Gasteiger partial charge in [-0.15, -0.1) is 0 Å². The maximum atomic E-state index is 11.1. The molecule has 1 N–H and O–H groups in total. The van der Waals surface area contributed by atoms with Gasteiger partial charge in [-0.05, 0) is 25.0 Å². The van der Waals surface area contributed by atoms with Crippen LogP contribution >= 0.6 is 0 Å². The van der Waals surface area contributed by atoms with Gasteiger partial charge in [-0.2, -0.15) is 5.26 Å². The van der Waals surface area contributed by atoms with Crippen molar-refractivity contribution >= 4 is 17.3 Å². The van der Waals surface area contributed by atoms with Crippen molar-refractivity contribution in [2.75, 3.05) is 11.4 Å². The van der Waals surface area contributed by atoms with Gasteiger partial charge in [0.1, 0.15) is 17.7 Å². The van der Waals surface area contributed by atoms with E-state index in [1.54, 1.807) is 17.0 Å². The summed E-state index contributed by atoms with van der Waals surface area (Å²) < 4.78 is 0. The fourth-order valence-electron chi connectivity index (χ4n) is 2.28. The SMILES string of the molecule is N#Cc1ccc(N2CCC[C@H]2C(=O)O)cc1[N+](=O)[O-]. The number of hydrogen-bond donors (Lipinski definition) is 1. The van der Waals surface area contributed by atoms with Gasteiger partial charge >= 0.3 is 5.97 Å². The first-order chi connectivity index (χ1) is 9.04. The number of carboxylic acid groups (broad SMARTS) is 1. The number of carboxylic acids is 1. The van der Waals surface area contributed by atoms with Crippen LogP contribution in [0.1, 0.15) is 18.4 Å². The molecule has 1 atom stereocenters. The van der Waals surface area contributed by atoms with Crippen LogP contribution in [0.5, 0.6) is 0 Å². The molecule has 1 aromatic rings. The third-order valence-corrected chi connectivity index (χ3v) is 3.17. The topological polar surface area (TPSA) is 107 Å². The second-order valence-electron chi connectivity index (χ2n) is 4.26. The molecular weight excluding hydrogens is 250 g/mol. The largest absolute Gasteiger partial charge is 0.480 e. The Balaban J connectivity index is 2.41. The molecule has 0 amide bonds. The average molecular weight is 261 g/mol. The summed E-state index contributed by atoms with van der Waals surface area (Å²) in [7, 11) is 0. The molecule has 0 aromatic heterocycles. The molecule has 7 heteroatoms. The van der Waals surface area contributed by atoms with Crippen molar-refractivity contribution in [2.24, 2.45) is 0 Å². The van der Waals surface area contributed by atoms with E-state index in [-0.39, 0.29) is 11.3 Å². The van der Waals surface area contributed by atoms with Crippen LogP contribution in [-0.4, -0.2) is 28.6 Å². The fourth-order valence-corrected chi connectivity index (χ4v) is 2.28. The van der Waals surface area contributed by atoms with Gasteiger partial charge in [0.15, 0.2) is 0 Å². The van der Waals surface area contributed by atoms with E-state index >= 15 is 0 Å². The number of anilines is 1. The summed E-state index contributed by atoms with van der Waals surface area (Å²) in [6, 6.07) is 5.26. The lowest BCUT2D eigenvalue weighted by molar-refractivity contribution is -0.385. The van der Waals surface area contributed by atoms with Gasteiger partial charge in [-0.3, -0.25) is 10.1 Å². The quantitative estimate of drug-likeness (QED) is 0.652. The first-order valence-electron chi connectivity index (χ1n) is 5.72. The molecule has 1 fully saturated rings. The Bertz CT molecular complexity index is 579. The summed E-state index contributed by atoms with van der Waals surface area (Å²) in [5.41, 5.74) is 0.145. The van der Waals surface area contributed by atoms with Crippen LogP contribution in [0.4, 0.5) is 11.4 Å². The summed E-state index contributed by atoms with van der Waals surface area (Å²) in [5, 5.41) is 28.8. The van der Waals surface area contributed by atoms with Crippen molar-refractivity contribution < 1.29 is 14.8 Å². The van der Waals surface area contributed by atoms with Crippen LogP contribution < -0.4 is 4.90 Å². The molecule has 1 aromatic carbocycles. The van der Waals surface area contributed by atoms with Gasteiger partial charge in [0.05, 0.1) is 4.92 Å². The number of nitrogens with zero attached hydrogens (tertiary/aromatic N) is 3. The standard InChI is InChI=1S/C12H11N3O4/c13-7-8-3-4-9(6-11(8)15(18)19)14-5-1-2-10(14)12(16)17/h3-4,6,10H,1-2,5H2,(H,16,17)/t10-/m0/s1. The first kappa shape index (κ1) is 12.8. The first-order valence-corrected chi connectivity index (χ1v) is 5.72. The van der Waals surface area contributed by atoms with Crippen molar-refractivity contribution in [1.29, 1.82) is 5.26 Å². The minimum atomic E-state index is -0.940. The Hall–Kier alpha value is -2.62. The molecule has 1 saturated heterocycles. The average Bonchev–Trinajstić information content (AvgIpc) is 2.87. The van der Waals surface area contributed by atoms with Crippen LogP contribution in [0.15, 0.2) is 18.2 Å². The van der Waals surface area contributed by atoms with Gasteiger partial charge in [-0.1, -0.05) is 0 Å². The molecule has 1 aliphatic rings. The van der Waals surface area contributed by atoms with Crippen LogP contribution in [-0.2, 0) is 4.79 Å². The van der Waals surface area contributed by atoms with Crippen LogP contribution in [0.2, 0.25) is 0 Å². The zero-order chi connectivity index (χ0) is 14.0. The van der Waals surface area contributed by atoms with Crippen molar-refractivity contribution in [3.05, 3.63) is 33.9 Å². The molecule has 7 nitrogen and oxygen atoms in total. The summed E-state index contributed by atoms with van der Waals surface area (Å²) in [5.74, 6) is -0.940. The van der Waals surface area contributed by atoms with Gasteiger partial charge in [0.2, 0.25) is 0 Å². The Morgan fingerprint density at radius 2 is 2.32 bits per heavy atom. The smallest absolute Gasteiger partial charge is 0.326 e. The Kier molecular flexibility index (Phi) is 3.33. The molecule has 0 radical (unpaired) electrons. The summed E-state index contributed by atoms with van der Waals surface area (Å²) in [6.07, 6.45) is 1.24. The predicted octanol–water partition coefficient (Wildman–Crippen LogP) is 1.52. The second kappa shape index (κ2) is 4.94. The maximum absolute atomic E-state index is 11.1. The van der Waals surface area contributed by atoms with E-state index in [0.29, 0.717) is 18.7 Å². The van der Waals surface area contributed by atoms with Gasteiger partial charge in [0.25, 0.3) is 5.69 Å². The van der Waals surface area contributed by atoms with E-state index in [1.807, 2.05) is 0 Å². The predicted molar refractivity (Wildman–Crippen MR) is 65.8 cm³/mol. The van der Waals surface area contributed by atoms with Crippen LogP contribution in [0, 0.1) is 21.4 Å². The summed E-state index contributed by atoms with van der Waals surface area (Å²) in [4.78, 5) is 23.0. The van der Waals surface area contributed by atoms with Gasteiger partial charge in [0, 0.05) is 18.3 Å². The van der Waals surface area contributed by atoms with E-state index in [2.05, 4.69) is 0 Å². The van der Waals surface area contributed by atoms with Gasteiger partial charge in [-0.25, -0.2) is 4.79 Å². The fraction of sp³-hybridized carbons (Fsp3) is 0.333. The molecule has 19 heavy (non-hydrogen) atoms. The molecule has 0 spiro atoms. The molecule has 98 valence electrons. The highest BCUT2D eigenvalue weighted by Gasteiger charge is 2.31.